The zero-order valence-electron chi connectivity index (χ0n) is 49.4. The minimum atomic E-state index is -0.848. The van der Waals surface area contributed by atoms with Gasteiger partial charge in [0, 0.05) is 12.8 Å². The van der Waals surface area contributed by atoms with Crippen molar-refractivity contribution >= 4 is 11.9 Å². The lowest BCUT2D eigenvalue weighted by molar-refractivity contribution is -0.143. The van der Waals surface area contributed by atoms with Gasteiger partial charge in [-0.3, -0.25) is 9.59 Å². The van der Waals surface area contributed by atoms with Crippen LogP contribution in [0.15, 0.2) is 24.3 Å². The molecule has 3 N–H and O–H groups in total. The van der Waals surface area contributed by atoms with E-state index >= 15 is 0 Å². The van der Waals surface area contributed by atoms with Crippen LogP contribution in [0.4, 0.5) is 0 Å². The number of aliphatic hydroxyl groups excluding tert-OH is 2. The molecule has 1 amide bonds. The van der Waals surface area contributed by atoms with Gasteiger partial charge in [-0.1, -0.05) is 321 Å². The third-order valence-electron chi connectivity index (χ3n) is 15.5. The molecule has 0 aromatic rings. The number of carbonyl (C=O) groups is 2. The van der Waals surface area contributed by atoms with Crippen LogP contribution >= 0.6 is 0 Å². The van der Waals surface area contributed by atoms with E-state index in [9.17, 15) is 19.8 Å². The Balaban J connectivity index is 3.40. The molecule has 2 unspecified atom stereocenters. The first-order chi connectivity index (χ1) is 36.0. The molecule has 0 aromatic carbocycles. The Labute approximate surface area is 456 Å². The van der Waals surface area contributed by atoms with Crippen LogP contribution in [-0.4, -0.2) is 47.4 Å². The molecule has 73 heavy (non-hydrogen) atoms. The number of nitrogens with one attached hydrogen (secondary N) is 1. The Bertz CT molecular complexity index is 1140. The summed E-state index contributed by atoms with van der Waals surface area (Å²) in [5.74, 6) is -0.0583. The Kier molecular flexibility index (Phi) is 61.4. The lowest BCUT2D eigenvalue weighted by Gasteiger charge is -2.20. The van der Waals surface area contributed by atoms with Crippen molar-refractivity contribution in [3.05, 3.63) is 24.3 Å². The van der Waals surface area contributed by atoms with E-state index in [4.69, 9.17) is 4.74 Å². The van der Waals surface area contributed by atoms with Gasteiger partial charge < -0.3 is 20.3 Å². The molecule has 2 atom stereocenters. The summed E-state index contributed by atoms with van der Waals surface area (Å²) in [6, 6.07) is -0.632. The maximum atomic E-state index is 12.5. The number of hydrogen-bond acceptors (Lipinski definition) is 5. The summed E-state index contributed by atoms with van der Waals surface area (Å²) in [5, 5.41) is 23.1. The highest BCUT2D eigenvalue weighted by Crippen LogP contribution is 2.18. The standard InChI is InChI=1S/C67H129NO5/c1-3-5-7-9-11-13-15-17-19-20-25-29-33-37-41-45-49-53-57-61-67(72)73-62-58-54-50-46-42-38-34-30-27-24-22-21-23-26-28-32-36-40-44-48-52-56-60-66(71)68-64(63-69)65(70)59-55-51-47-43-39-35-31-18-16-14-12-10-8-6-4-2/h23,26,55,59,64-65,69-70H,3-22,24-25,27-54,56-58,60-63H2,1-2H3,(H,68,71)/b26-23-,59-55+. The van der Waals surface area contributed by atoms with Gasteiger partial charge in [0.15, 0.2) is 0 Å². The summed E-state index contributed by atoms with van der Waals surface area (Å²) >= 11 is 0. The molecule has 0 aliphatic heterocycles. The van der Waals surface area contributed by atoms with Crippen LogP contribution in [0, 0.1) is 0 Å². The van der Waals surface area contributed by atoms with Gasteiger partial charge in [0.05, 0.1) is 25.4 Å². The first-order valence-corrected chi connectivity index (χ1v) is 33.1. The zero-order chi connectivity index (χ0) is 52.9. The van der Waals surface area contributed by atoms with E-state index in [1.807, 2.05) is 6.08 Å². The fraction of sp³-hybridized carbons (Fsp3) is 0.910. The highest BCUT2D eigenvalue weighted by Gasteiger charge is 2.18. The number of unbranched alkanes of at least 4 members (excludes halogenated alkanes) is 49. The maximum Gasteiger partial charge on any atom is 0.305 e. The summed E-state index contributed by atoms with van der Waals surface area (Å²) in [6.07, 6.45) is 78.0. The van der Waals surface area contributed by atoms with Crippen LogP contribution in [0.5, 0.6) is 0 Å². The van der Waals surface area contributed by atoms with Crippen molar-refractivity contribution in [1.82, 2.24) is 5.32 Å². The van der Waals surface area contributed by atoms with E-state index in [0.29, 0.717) is 19.4 Å². The lowest BCUT2D eigenvalue weighted by atomic mass is 10.0. The molecule has 0 spiro atoms. The van der Waals surface area contributed by atoms with Gasteiger partial charge in [-0.15, -0.1) is 0 Å². The first kappa shape index (κ1) is 71.3. The average molecular weight is 1030 g/mol. The lowest BCUT2D eigenvalue weighted by Crippen LogP contribution is -2.45. The van der Waals surface area contributed by atoms with E-state index in [1.54, 1.807) is 6.08 Å². The van der Waals surface area contributed by atoms with Crippen molar-refractivity contribution in [2.75, 3.05) is 13.2 Å². The quantitative estimate of drug-likeness (QED) is 0.0320. The first-order valence-electron chi connectivity index (χ1n) is 33.1. The van der Waals surface area contributed by atoms with Crippen molar-refractivity contribution in [2.45, 2.75) is 379 Å². The Morgan fingerprint density at radius 1 is 0.370 bits per heavy atom. The van der Waals surface area contributed by atoms with Crippen LogP contribution in [0.3, 0.4) is 0 Å². The molecule has 0 aromatic heterocycles. The topological polar surface area (TPSA) is 95.9 Å². The van der Waals surface area contributed by atoms with Gasteiger partial charge in [-0.25, -0.2) is 0 Å². The van der Waals surface area contributed by atoms with Crippen LogP contribution in [0.25, 0.3) is 0 Å². The average Bonchev–Trinajstić information content (AvgIpc) is 3.39. The van der Waals surface area contributed by atoms with Crippen molar-refractivity contribution < 1.29 is 24.5 Å². The zero-order valence-corrected chi connectivity index (χ0v) is 49.4. The molecular formula is C67H129NO5. The Hall–Kier alpha value is -1.66. The van der Waals surface area contributed by atoms with Crippen molar-refractivity contribution in [3.8, 4) is 0 Å². The third kappa shape index (κ3) is 59.4. The minimum absolute atomic E-state index is 0.0147. The Morgan fingerprint density at radius 2 is 0.644 bits per heavy atom. The molecular weight excluding hydrogens is 899 g/mol. The minimum Gasteiger partial charge on any atom is -0.466 e. The number of rotatable bonds is 62. The van der Waals surface area contributed by atoms with Crippen LogP contribution in [-0.2, 0) is 14.3 Å². The van der Waals surface area contributed by atoms with E-state index < -0.39 is 12.1 Å². The fourth-order valence-corrected chi connectivity index (χ4v) is 10.4. The second kappa shape index (κ2) is 62.9. The van der Waals surface area contributed by atoms with Crippen molar-refractivity contribution in [2.24, 2.45) is 0 Å². The molecule has 0 saturated carbocycles. The Morgan fingerprint density at radius 3 is 0.973 bits per heavy atom. The number of ether oxygens (including phenoxy) is 1. The summed E-state index contributed by atoms with van der Waals surface area (Å²) in [4.78, 5) is 24.6. The highest BCUT2D eigenvalue weighted by atomic mass is 16.5. The molecule has 0 fully saturated rings. The SMILES string of the molecule is CCCCCCCCCCCCCCC/C=C/C(O)C(CO)NC(=O)CCCCCCCCC/C=C\CCCCCCCCCCCCCOC(=O)CCCCCCCCCCCCCCCCCCCCC. The summed E-state index contributed by atoms with van der Waals surface area (Å²) < 4.78 is 5.51. The highest BCUT2D eigenvalue weighted by molar-refractivity contribution is 5.76. The monoisotopic (exact) mass is 1030 g/mol. The summed E-state index contributed by atoms with van der Waals surface area (Å²) in [7, 11) is 0. The predicted molar refractivity (Wildman–Crippen MR) is 320 cm³/mol. The maximum absolute atomic E-state index is 12.5. The van der Waals surface area contributed by atoms with Crippen LogP contribution < -0.4 is 5.32 Å². The van der Waals surface area contributed by atoms with Crippen molar-refractivity contribution in [1.29, 1.82) is 0 Å². The molecule has 0 bridgehead atoms. The molecule has 0 rings (SSSR count). The summed E-state index contributed by atoms with van der Waals surface area (Å²) in [5.41, 5.74) is 0. The molecule has 0 aliphatic carbocycles. The number of esters is 1. The number of amides is 1. The van der Waals surface area contributed by atoms with Gasteiger partial charge in [0.2, 0.25) is 5.91 Å². The van der Waals surface area contributed by atoms with Gasteiger partial charge in [-0.2, -0.15) is 0 Å². The molecule has 0 saturated heterocycles. The van der Waals surface area contributed by atoms with Crippen molar-refractivity contribution in [3.63, 3.8) is 0 Å². The van der Waals surface area contributed by atoms with Crippen LogP contribution in [0.1, 0.15) is 367 Å². The molecule has 0 heterocycles. The number of carbonyl (C=O) groups excluding carboxylic acids is 2. The summed E-state index contributed by atoms with van der Waals surface area (Å²) in [6.45, 7) is 4.93. The third-order valence-corrected chi connectivity index (χ3v) is 15.5. The number of hydrogen-bond donors (Lipinski definition) is 3. The molecule has 0 radical (unpaired) electrons. The second-order valence-electron chi connectivity index (χ2n) is 22.8. The van der Waals surface area contributed by atoms with Gasteiger partial charge >= 0.3 is 5.97 Å². The molecule has 6 heteroatoms. The van der Waals surface area contributed by atoms with E-state index in [-0.39, 0.29) is 18.5 Å². The predicted octanol–water partition coefficient (Wildman–Crippen LogP) is 21.0. The fourth-order valence-electron chi connectivity index (χ4n) is 10.4. The molecule has 432 valence electrons. The largest absolute Gasteiger partial charge is 0.466 e. The second-order valence-corrected chi connectivity index (χ2v) is 22.8. The van der Waals surface area contributed by atoms with Gasteiger partial charge in [0.25, 0.3) is 0 Å². The molecule has 0 aliphatic rings. The van der Waals surface area contributed by atoms with E-state index in [0.717, 1.165) is 44.9 Å². The molecule has 6 nitrogen and oxygen atoms in total. The number of allylic oxidation sites excluding steroid dienone is 3. The van der Waals surface area contributed by atoms with Gasteiger partial charge in [-0.05, 0) is 57.8 Å². The normalized spacial score (nSPS) is 12.7. The number of aliphatic hydroxyl groups is 2. The van der Waals surface area contributed by atoms with E-state index in [1.165, 1.54) is 295 Å². The van der Waals surface area contributed by atoms with E-state index in [2.05, 4.69) is 31.3 Å². The van der Waals surface area contributed by atoms with Gasteiger partial charge in [0.1, 0.15) is 0 Å². The van der Waals surface area contributed by atoms with Crippen LogP contribution in [0.2, 0.25) is 0 Å². The smallest absolute Gasteiger partial charge is 0.305 e.